The molecule has 1 N–H and O–H groups in total. The van der Waals surface area contributed by atoms with Crippen LogP contribution >= 0.6 is 12.2 Å². The number of imidazole rings is 1. The Labute approximate surface area is 290 Å². The van der Waals surface area contributed by atoms with E-state index < -0.39 is 16.1 Å². The first-order valence-corrected chi connectivity index (χ1v) is 17.6. The SMILES string of the molecule is C=CC=O.CCCc1nn(C)c2c(=O)[nH]c(-c3cc(S(=O)(=O)N4CCN(C)CC4)ccc3OCC)nc12.CCOC(=O)n1ccn(C)c1=S. The van der Waals surface area contributed by atoms with Crippen LogP contribution in [0.4, 0.5) is 4.79 Å². The Morgan fingerprint density at radius 3 is 2.31 bits per heavy atom. The summed E-state index contributed by atoms with van der Waals surface area (Å²) in [5.74, 6) is 0.718. The first-order chi connectivity index (χ1) is 23.3. The lowest BCUT2D eigenvalue weighted by Gasteiger charge is -2.31. The third-order valence-corrected chi connectivity index (χ3v) is 9.74. The summed E-state index contributed by atoms with van der Waals surface area (Å²) in [6, 6.07) is 4.71. The number of sulfonamides is 1. The van der Waals surface area contributed by atoms with E-state index in [1.807, 2.05) is 20.9 Å². The molecule has 49 heavy (non-hydrogen) atoms. The fraction of sp³-hybridized carbons (Fsp3) is 0.438. The second-order valence-electron chi connectivity index (χ2n) is 10.9. The number of hydrogen-bond acceptors (Lipinski definition) is 11. The van der Waals surface area contributed by atoms with Crippen LogP contribution in [0.2, 0.25) is 0 Å². The summed E-state index contributed by atoms with van der Waals surface area (Å²) in [6.45, 7) is 11.7. The van der Waals surface area contributed by atoms with E-state index in [1.54, 1.807) is 56.2 Å². The second-order valence-corrected chi connectivity index (χ2v) is 13.2. The number of rotatable bonds is 9. The number of likely N-dealkylation sites (N-methyl/N-ethyl adjacent to an activating group) is 1. The Balaban J connectivity index is 0.000000337. The minimum atomic E-state index is -3.70. The van der Waals surface area contributed by atoms with Crippen molar-refractivity contribution in [3.8, 4) is 17.1 Å². The molecule has 1 aliphatic heterocycles. The van der Waals surface area contributed by atoms with Crippen LogP contribution < -0.4 is 10.3 Å². The molecule has 0 radical (unpaired) electrons. The summed E-state index contributed by atoms with van der Waals surface area (Å²) >= 11 is 4.94. The minimum absolute atomic E-state index is 0.147. The van der Waals surface area contributed by atoms with Crippen LogP contribution in [0.3, 0.4) is 0 Å². The van der Waals surface area contributed by atoms with Gasteiger partial charge in [-0.2, -0.15) is 9.40 Å². The average molecular weight is 717 g/mol. The number of allylic oxidation sites excluding steroid dienone is 1. The van der Waals surface area contributed by atoms with Gasteiger partial charge in [-0.25, -0.2) is 22.8 Å². The number of benzene rings is 1. The predicted octanol–water partition coefficient (Wildman–Crippen LogP) is 3.54. The molecule has 266 valence electrons. The van der Waals surface area contributed by atoms with E-state index in [0.717, 1.165) is 12.1 Å². The van der Waals surface area contributed by atoms with E-state index in [0.29, 0.717) is 79.2 Å². The summed E-state index contributed by atoms with van der Waals surface area (Å²) in [4.78, 5) is 42.9. The zero-order chi connectivity index (χ0) is 36.3. The number of aromatic nitrogens is 6. The number of piperazine rings is 1. The molecule has 0 spiro atoms. The maximum Gasteiger partial charge on any atom is 0.420 e. The number of aryl methyl sites for hydroxylation is 3. The molecule has 4 heterocycles. The van der Waals surface area contributed by atoms with Crippen molar-refractivity contribution in [2.45, 2.75) is 38.5 Å². The molecule has 0 unspecified atom stereocenters. The van der Waals surface area contributed by atoms with Gasteiger partial charge in [0.25, 0.3) is 5.56 Å². The van der Waals surface area contributed by atoms with E-state index in [9.17, 15) is 18.0 Å². The Hall–Kier alpha value is -4.45. The summed E-state index contributed by atoms with van der Waals surface area (Å²) in [7, 11) is 1.77. The average Bonchev–Trinajstić information content (AvgIpc) is 3.59. The molecule has 3 aromatic heterocycles. The molecule has 1 saturated heterocycles. The molecule has 5 rings (SSSR count). The zero-order valence-corrected chi connectivity index (χ0v) is 30.3. The number of aldehydes is 1. The van der Waals surface area contributed by atoms with Crippen LogP contribution in [0.5, 0.6) is 5.75 Å². The summed E-state index contributed by atoms with van der Waals surface area (Å²) in [5, 5.41) is 4.45. The Bertz CT molecular complexity index is 1980. The second kappa shape index (κ2) is 17.8. The highest BCUT2D eigenvalue weighted by atomic mass is 32.2. The number of fused-ring (bicyclic) bond motifs is 1. The number of nitrogens with one attached hydrogen (secondary N) is 1. The van der Waals surface area contributed by atoms with Gasteiger partial charge >= 0.3 is 6.09 Å². The molecule has 1 fully saturated rings. The minimum Gasteiger partial charge on any atom is -0.493 e. The molecular weight excluding hydrogens is 673 g/mol. The number of aromatic amines is 1. The van der Waals surface area contributed by atoms with Crippen LogP contribution in [-0.4, -0.2) is 105 Å². The van der Waals surface area contributed by atoms with Gasteiger partial charge < -0.3 is 23.9 Å². The number of carbonyl (C=O) groups is 2. The highest BCUT2D eigenvalue weighted by Gasteiger charge is 2.29. The number of H-pyrrole nitrogens is 1. The zero-order valence-electron chi connectivity index (χ0n) is 28.7. The lowest BCUT2D eigenvalue weighted by Crippen LogP contribution is -2.47. The van der Waals surface area contributed by atoms with Gasteiger partial charge in [0.2, 0.25) is 10.0 Å². The van der Waals surface area contributed by atoms with Gasteiger partial charge in [0, 0.05) is 52.7 Å². The molecule has 0 atom stereocenters. The van der Waals surface area contributed by atoms with Gasteiger partial charge in [0.05, 0.1) is 29.4 Å². The third kappa shape index (κ3) is 9.38. The highest BCUT2D eigenvalue weighted by Crippen LogP contribution is 2.32. The van der Waals surface area contributed by atoms with Crippen molar-refractivity contribution in [2.75, 3.05) is 46.4 Å². The molecule has 0 saturated carbocycles. The van der Waals surface area contributed by atoms with Crippen molar-refractivity contribution in [1.82, 2.24) is 38.1 Å². The van der Waals surface area contributed by atoms with Gasteiger partial charge in [0.1, 0.15) is 23.4 Å². The first kappa shape index (κ1) is 39.0. The maximum absolute atomic E-state index is 13.3. The van der Waals surface area contributed by atoms with E-state index in [1.165, 1.54) is 19.6 Å². The number of hydrogen-bond donors (Lipinski definition) is 1. The fourth-order valence-electron chi connectivity index (χ4n) is 4.89. The summed E-state index contributed by atoms with van der Waals surface area (Å²) in [5.41, 5.74) is 1.75. The highest BCUT2D eigenvalue weighted by molar-refractivity contribution is 7.89. The van der Waals surface area contributed by atoms with Crippen molar-refractivity contribution < 1.29 is 27.5 Å². The molecule has 1 aromatic carbocycles. The Kier molecular flexibility index (Phi) is 14.2. The van der Waals surface area contributed by atoms with Crippen molar-refractivity contribution in [3.05, 3.63) is 64.1 Å². The molecular formula is C32H44N8O7S2. The lowest BCUT2D eigenvalue weighted by atomic mass is 10.1. The smallest absolute Gasteiger partial charge is 0.420 e. The molecule has 4 aromatic rings. The van der Waals surface area contributed by atoms with E-state index >= 15 is 0 Å². The van der Waals surface area contributed by atoms with Gasteiger partial charge in [-0.15, -0.1) is 0 Å². The first-order valence-electron chi connectivity index (χ1n) is 15.7. The third-order valence-electron chi connectivity index (χ3n) is 7.36. The normalized spacial score (nSPS) is 13.5. The number of carbonyl (C=O) groups excluding carboxylic acids is 2. The van der Waals surface area contributed by atoms with Crippen LogP contribution in [0.1, 0.15) is 32.9 Å². The van der Waals surface area contributed by atoms with Gasteiger partial charge in [-0.3, -0.25) is 14.3 Å². The van der Waals surface area contributed by atoms with Gasteiger partial charge in [0.15, 0.2) is 10.3 Å². The van der Waals surface area contributed by atoms with E-state index in [4.69, 9.17) is 31.5 Å². The van der Waals surface area contributed by atoms with E-state index in [2.05, 4.69) is 21.6 Å². The van der Waals surface area contributed by atoms with Crippen molar-refractivity contribution in [1.29, 1.82) is 0 Å². The molecule has 0 amide bonds. The topological polar surface area (TPSA) is 167 Å². The monoisotopic (exact) mass is 716 g/mol. The van der Waals surface area contributed by atoms with Crippen LogP contribution in [0.25, 0.3) is 22.4 Å². The molecule has 0 aliphatic carbocycles. The van der Waals surface area contributed by atoms with Gasteiger partial charge in [-0.1, -0.05) is 19.9 Å². The number of nitrogens with zero attached hydrogens (tertiary/aromatic N) is 7. The van der Waals surface area contributed by atoms with Crippen LogP contribution in [-0.2, 0) is 40.1 Å². The van der Waals surface area contributed by atoms with Crippen molar-refractivity contribution in [2.24, 2.45) is 14.1 Å². The van der Waals surface area contributed by atoms with E-state index in [-0.39, 0.29) is 16.3 Å². The summed E-state index contributed by atoms with van der Waals surface area (Å²) < 4.78 is 43.6. The van der Waals surface area contributed by atoms with Gasteiger partial charge in [-0.05, 0) is 63.8 Å². The van der Waals surface area contributed by atoms with Crippen LogP contribution in [0, 0.1) is 4.77 Å². The molecule has 17 heteroatoms. The molecule has 0 bridgehead atoms. The predicted molar refractivity (Wildman–Crippen MR) is 189 cm³/mol. The fourth-order valence-corrected chi connectivity index (χ4v) is 6.53. The number of ether oxygens (including phenoxy) is 2. The Morgan fingerprint density at radius 2 is 1.76 bits per heavy atom. The lowest BCUT2D eigenvalue weighted by molar-refractivity contribution is -0.104. The largest absolute Gasteiger partial charge is 0.493 e. The molecule has 15 nitrogen and oxygen atoms in total. The van der Waals surface area contributed by atoms with Crippen LogP contribution in [0.15, 0.2) is 52.9 Å². The summed E-state index contributed by atoms with van der Waals surface area (Å²) in [6.07, 6.45) is 6.24. The molecule has 1 aliphatic rings. The van der Waals surface area contributed by atoms with Crippen molar-refractivity contribution >= 4 is 45.7 Å². The van der Waals surface area contributed by atoms with Crippen molar-refractivity contribution in [3.63, 3.8) is 0 Å². The quantitative estimate of drug-likeness (QED) is 0.153. The Morgan fingerprint density at radius 1 is 1.08 bits per heavy atom. The standard InChI is InChI=1S/C22H30N6O4S.C7H10N2O2S.C3H4O/c1-5-7-17-19-20(27(4)25-17)22(29)24-21(23-19)16-14-15(8-9-18(16)32-6-2)33(30,31)28-12-10-26(3)11-13-28;1-3-11-7(10)9-5-4-8(2)6(9)12;1-2-3-4/h8-9,14H,5-7,10-13H2,1-4H3,(H,23,24,29);4-5H,3H2,1-2H3;2-3H,1H2. The maximum atomic E-state index is 13.3.